The minimum Gasteiger partial charge on any atom is -0.458 e. The topological polar surface area (TPSA) is 26.3 Å². The van der Waals surface area contributed by atoms with Gasteiger partial charge in [-0.2, -0.15) is 0 Å². The fraction of sp³-hybridized carbons (Fsp3) is 0.588. The van der Waals surface area contributed by atoms with Gasteiger partial charge in [-0.25, -0.2) is 4.79 Å². The van der Waals surface area contributed by atoms with Crippen LogP contribution in [0, 0.1) is 11.8 Å². The molecular weight excluding hydrogens is 236 g/mol. The van der Waals surface area contributed by atoms with Gasteiger partial charge >= 0.3 is 5.97 Å². The Kier molecular flexibility index (Phi) is 3.86. The first-order valence-electron chi connectivity index (χ1n) is 7.60. The summed E-state index contributed by atoms with van der Waals surface area (Å²) in [7, 11) is 0. The van der Waals surface area contributed by atoms with Gasteiger partial charge < -0.3 is 4.74 Å². The van der Waals surface area contributed by atoms with Crippen molar-refractivity contribution < 1.29 is 9.53 Å². The van der Waals surface area contributed by atoms with Gasteiger partial charge in [0.2, 0.25) is 0 Å². The zero-order chi connectivity index (χ0) is 13.1. The second-order valence-electron chi connectivity index (χ2n) is 5.97. The maximum Gasteiger partial charge on any atom is 0.338 e. The lowest BCUT2D eigenvalue weighted by molar-refractivity contribution is -0.000421. The molecule has 0 heterocycles. The fourth-order valence-electron chi connectivity index (χ4n) is 3.23. The number of esters is 1. The summed E-state index contributed by atoms with van der Waals surface area (Å²) in [5, 5.41) is 0. The molecule has 3 rings (SSSR count). The minimum atomic E-state index is -0.136. The Morgan fingerprint density at radius 2 is 1.58 bits per heavy atom. The molecule has 0 amide bonds. The summed E-state index contributed by atoms with van der Waals surface area (Å²) >= 11 is 0. The van der Waals surface area contributed by atoms with Gasteiger partial charge in [-0.1, -0.05) is 37.5 Å². The van der Waals surface area contributed by atoms with Crippen molar-refractivity contribution in [1.29, 1.82) is 0 Å². The molecule has 2 nitrogen and oxygen atoms in total. The van der Waals surface area contributed by atoms with Crippen LogP contribution in [-0.4, -0.2) is 12.1 Å². The molecule has 2 fully saturated rings. The van der Waals surface area contributed by atoms with Crippen molar-refractivity contribution in [2.75, 3.05) is 0 Å². The molecular formula is C17H22O2. The Labute approximate surface area is 115 Å². The molecule has 1 atom stereocenters. The quantitative estimate of drug-likeness (QED) is 0.756. The van der Waals surface area contributed by atoms with E-state index in [-0.39, 0.29) is 12.1 Å². The predicted molar refractivity (Wildman–Crippen MR) is 74.9 cm³/mol. The molecule has 0 N–H and O–H groups in total. The van der Waals surface area contributed by atoms with Crippen LogP contribution in [0.4, 0.5) is 0 Å². The number of hydrogen-bond acceptors (Lipinski definition) is 2. The molecule has 2 heteroatoms. The van der Waals surface area contributed by atoms with Crippen LogP contribution in [0.25, 0.3) is 0 Å². The van der Waals surface area contributed by atoms with Crippen LogP contribution in [-0.2, 0) is 4.74 Å². The van der Waals surface area contributed by atoms with E-state index in [1.54, 1.807) is 0 Å². The average molecular weight is 258 g/mol. The second-order valence-corrected chi connectivity index (χ2v) is 5.97. The highest BCUT2D eigenvalue weighted by molar-refractivity contribution is 5.89. The van der Waals surface area contributed by atoms with Crippen LogP contribution in [0.5, 0.6) is 0 Å². The molecule has 0 spiro atoms. The summed E-state index contributed by atoms with van der Waals surface area (Å²) in [6, 6.07) is 9.39. The Bertz CT molecular complexity index is 416. The van der Waals surface area contributed by atoms with Gasteiger partial charge in [-0.05, 0) is 49.7 Å². The van der Waals surface area contributed by atoms with Gasteiger partial charge in [0.05, 0.1) is 5.56 Å². The van der Waals surface area contributed by atoms with Crippen LogP contribution >= 0.6 is 0 Å². The van der Waals surface area contributed by atoms with Crippen molar-refractivity contribution in [2.45, 2.75) is 51.0 Å². The third-order valence-corrected chi connectivity index (χ3v) is 4.45. The molecule has 0 bridgehead atoms. The number of ether oxygens (including phenoxy) is 1. The van der Waals surface area contributed by atoms with Gasteiger partial charge in [-0.3, -0.25) is 0 Å². The van der Waals surface area contributed by atoms with Gasteiger partial charge in [0.1, 0.15) is 6.10 Å². The van der Waals surface area contributed by atoms with E-state index in [1.807, 2.05) is 30.3 Å². The number of rotatable bonds is 4. The van der Waals surface area contributed by atoms with E-state index in [0.717, 1.165) is 0 Å². The Morgan fingerprint density at radius 1 is 0.947 bits per heavy atom. The van der Waals surface area contributed by atoms with Crippen LogP contribution in [0.2, 0.25) is 0 Å². The minimum absolute atomic E-state index is 0.136. The first kappa shape index (κ1) is 12.7. The van der Waals surface area contributed by atoms with Crippen molar-refractivity contribution in [3.8, 4) is 0 Å². The van der Waals surface area contributed by atoms with E-state index < -0.39 is 0 Å². The standard InChI is InChI=1S/C17H22O2/c18-17(15-9-5-2-6-10-15)19-16(14-11-12-14)13-7-3-1-4-8-13/h2,5-6,9-10,13-14,16H,1,3-4,7-8,11-12H2. The van der Waals surface area contributed by atoms with Crippen molar-refractivity contribution in [3.63, 3.8) is 0 Å². The lowest BCUT2D eigenvalue weighted by atomic mass is 9.83. The van der Waals surface area contributed by atoms with Crippen molar-refractivity contribution in [1.82, 2.24) is 0 Å². The zero-order valence-corrected chi connectivity index (χ0v) is 11.4. The van der Waals surface area contributed by atoms with E-state index in [2.05, 4.69) is 0 Å². The van der Waals surface area contributed by atoms with Crippen molar-refractivity contribution in [3.05, 3.63) is 35.9 Å². The average Bonchev–Trinajstić information content (AvgIpc) is 3.31. The number of benzene rings is 1. The van der Waals surface area contributed by atoms with Gasteiger partial charge in [0, 0.05) is 0 Å². The van der Waals surface area contributed by atoms with Gasteiger partial charge in [0.25, 0.3) is 0 Å². The second kappa shape index (κ2) is 5.77. The summed E-state index contributed by atoms with van der Waals surface area (Å²) in [4.78, 5) is 12.2. The van der Waals surface area contributed by atoms with E-state index in [4.69, 9.17) is 4.74 Å². The predicted octanol–water partition coefficient (Wildman–Crippen LogP) is 4.20. The molecule has 19 heavy (non-hydrogen) atoms. The molecule has 1 unspecified atom stereocenters. The zero-order valence-electron chi connectivity index (χ0n) is 11.4. The summed E-state index contributed by atoms with van der Waals surface area (Å²) in [5.41, 5.74) is 0.684. The van der Waals surface area contributed by atoms with Crippen LogP contribution < -0.4 is 0 Å². The van der Waals surface area contributed by atoms with E-state index in [1.165, 1.54) is 44.9 Å². The maximum atomic E-state index is 12.2. The third-order valence-electron chi connectivity index (χ3n) is 4.45. The first-order chi connectivity index (χ1) is 9.34. The SMILES string of the molecule is O=C(OC(C1CCCCC1)C1CC1)c1ccccc1. The fourth-order valence-corrected chi connectivity index (χ4v) is 3.23. The third kappa shape index (κ3) is 3.17. The summed E-state index contributed by atoms with van der Waals surface area (Å²) in [6.45, 7) is 0. The summed E-state index contributed by atoms with van der Waals surface area (Å²) in [6.07, 6.45) is 9.08. The molecule has 1 aromatic carbocycles. The summed E-state index contributed by atoms with van der Waals surface area (Å²) in [5.74, 6) is 1.10. The Hall–Kier alpha value is -1.31. The van der Waals surface area contributed by atoms with E-state index >= 15 is 0 Å². The summed E-state index contributed by atoms with van der Waals surface area (Å²) < 4.78 is 5.86. The van der Waals surface area contributed by atoms with Crippen molar-refractivity contribution >= 4 is 5.97 Å². The Morgan fingerprint density at radius 3 is 2.21 bits per heavy atom. The molecule has 0 saturated heterocycles. The molecule has 1 aromatic rings. The Balaban J connectivity index is 1.66. The molecule has 2 saturated carbocycles. The highest BCUT2D eigenvalue weighted by Crippen LogP contribution is 2.42. The molecule has 2 aliphatic rings. The van der Waals surface area contributed by atoms with E-state index in [0.29, 0.717) is 17.4 Å². The van der Waals surface area contributed by atoms with E-state index in [9.17, 15) is 4.79 Å². The monoisotopic (exact) mass is 258 g/mol. The lowest BCUT2D eigenvalue weighted by Gasteiger charge is -2.30. The smallest absolute Gasteiger partial charge is 0.338 e. The lowest BCUT2D eigenvalue weighted by Crippen LogP contribution is -2.30. The van der Waals surface area contributed by atoms with Crippen molar-refractivity contribution in [2.24, 2.45) is 11.8 Å². The molecule has 102 valence electrons. The molecule has 2 aliphatic carbocycles. The van der Waals surface area contributed by atoms with Crippen LogP contribution in [0.15, 0.2) is 30.3 Å². The molecule has 0 aromatic heterocycles. The largest absolute Gasteiger partial charge is 0.458 e. The van der Waals surface area contributed by atoms with Crippen LogP contribution in [0.1, 0.15) is 55.3 Å². The van der Waals surface area contributed by atoms with Gasteiger partial charge in [-0.15, -0.1) is 0 Å². The number of carbonyl (C=O) groups excluding carboxylic acids is 1. The molecule has 0 radical (unpaired) electrons. The maximum absolute atomic E-state index is 12.2. The molecule has 0 aliphatic heterocycles. The number of hydrogen-bond donors (Lipinski definition) is 0. The van der Waals surface area contributed by atoms with Gasteiger partial charge in [0.15, 0.2) is 0 Å². The number of carbonyl (C=O) groups is 1. The normalized spacial score (nSPS) is 21.9. The van der Waals surface area contributed by atoms with Crippen LogP contribution in [0.3, 0.4) is 0 Å². The highest BCUT2D eigenvalue weighted by Gasteiger charge is 2.39. The highest BCUT2D eigenvalue weighted by atomic mass is 16.5. The first-order valence-corrected chi connectivity index (χ1v) is 7.60.